The van der Waals surface area contributed by atoms with Crippen molar-refractivity contribution >= 4 is 27.9 Å². The van der Waals surface area contributed by atoms with Gasteiger partial charge in [0.2, 0.25) is 0 Å². The van der Waals surface area contributed by atoms with Crippen LogP contribution in [0.3, 0.4) is 0 Å². The van der Waals surface area contributed by atoms with Gasteiger partial charge in [-0.25, -0.2) is 4.79 Å². The Balaban J connectivity index is 1.95. The lowest BCUT2D eigenvalue weighted by atomic mass is 10.1. The van der Waals surface area contributed by atoms with Crippen LogP contribution >= 0.6 is 15.9 Å². The van der Waals surface area contributed by atoms with Gasteiger partial charge in [0, 0.05) is 24.0 Å². The van der Waals surface area contributed by atoms with Gasteiger partial charge in [-0.1, -0.05) is 28.1 Å². The topological polar surface area (TPSA) is 58.6 Å². The molecule has 108 valence electrons. The number of carbonyl (C=O) groups is 2. The zero-order valence-electron chi connectivity index (χ0n) is 11.3. The number of alkyl carbamates (subject to hydrolysis) is 1. The van der Waals surface area contributed by atoms with Gasteiger partial charge in [0.15, 0.2) is 0 Å². The van der Waals surface area contributed by atoms with Gasteiger partial charge in [-0.05, 0) is 24.1 Å². The molecule has 1 fully saturated rings. The van der Waals surface area contributed by atoms with Crippen molar-refractivity contribution in [3.8, 4) is 0 Å². The molecule has 0 aliphatic carbocycles. The van der Waals surface area contributed by atoms with Crippen molar-refractivity contribution in [1.29, 1.82) is 0 Å². The van der Waals surface area contributed by atoms with Crippen molar-refractivity contribution < 1.29 is 14.3 Å². The van der Waals surface area contributed by atoms with Crippen LogP contribution in [0, 0.1) is 0 Å². The van der Waals surface area contributed by atoms with Crippen LogP contribution in [0.2, 0.25) is 0 Å². The summed E-state index contributed by atoms with van der Waals surface area (Å²) < 4.78 is 4.56. The van der Waals surface area contributed by atoms with Gasteiger partial charge in [-0.3, -0.25) is 4.79 Å². The summed E-state index contributed by atoms with van der Waals surface area (Å²) in [5, 5.41) is 3.50. The molecule has 1 atom stereocenters. The molecule has 0 aromatic heterocycles. The molecule has 0 bridgehead atoms. The number of ether oxygens (including phenoxy) is 1. The fraction of sp³-hybridized carbons (Fsp3) is 0.429. The van der Waals surface area contributed by atoms with E-state index in [0.29, 0.717) is 18.7 Å². The molecule has 0 radical (unpaired) electrons. The van der Waals surface area contributed by atoms with E-state index >= 15 is 0 Å². The van der Waals surface area contributed by atoms with Crippen molar-refractivity contribution in [3.63, 3.8) is 0 Å². The second-order valence-electron chi connectivity index (χ2n) is 4.70. The number of benzene rings is 1. The Morgan fingerprint density at radius 3 is 2.70 bits per heavy atom. The zero-order valence-corrected chi connectivity index (χ0v) is 12.9. The molecule has 20 heavy (non-hydrogen) atoms. The van der Waals surface area contributed by atoms with Crippen LogP contribution in [0.25, 0.3) is 0 Å². The lowest BCUT2D eigenvalue weighted by Crippen LogP contribution is -2.38. The first-order chi connectivity index (χ1) is 9.63. The molecule has 1 heterocycles. The molecule has 1 aliphatic heterocycles. The highest BCUT2D eigenvalue weighted by Gasteiger charge is 2.28. The molecular formula is C14H17BrN2O3. The molecule has 1 aromatic carbocycles. The smallest absolute Gasteiger partial charge is 0.407 e. The Kier molecular flexibility index (Phi) is 5.00. The number of carbonyl (C=O) groups excluding carboxylic acids is 2. The van der Waals surface area contributed by atoms with E-state index in [0.717, 1.165) is 17.3 Å². The predicted molar refractivity (Wildman–Crippen MR) is 78.9 cm³/mol. The lowest BCUT2D eigenvalue weighted by Gasteiger charge is -2.17. The maximum atomic E-state index is 12.3. The summed E-state index contributed by atoms with van der Waals surface area (Å²) in [4.78, 5) is 25.2. The highest BCUT2D eigenvalue weighted by Crippen LogP contribution is 2.15. The highest BCUT2D eigenvalue weighted by molar-refractivity contribution is 9.08. The summed E-state index contributed by atoms with van der Waals surface area (Å²) >= 11 is 3.38. The molecule has 0 spiro atoms. The molecule has 2 amide bonds. The van der Waals surface area contributed by atoms with Crippen molar-refractivity contribution in [3.05, 3.63) is 35.4 Å². The Morgan fingerprint density at radius 2 is 2.10 bits per heavy atom. The van der Waals surface area contributed by atoms with Gasteiger partial charge >= 0.3 is 6.09 Å². The molecular weight excluding hydrogens is 324 g/mol. The third kappa shape index (κ3) is 3.50. The number of hydrogen-bond acceptors (Lipinski definition) is 3. The highest BCUT2D eigenvalue weighted by atomic mass is 79.9. The number of amides is 2. The van der Waals surface area contributed by atoms with E-state index in [1.54, 1.807) is 4.90 Å². The Bertz CT molecular complexity index is 490. The van der Waals surface area contributed by atoms with Gasteiger partial charge in [0.05, 0.1) is 13.2 Å². The summed E-state index contributed by atoms with van der Waals surface area (Å²) in [7, 11) is 1.33. The Morgan fingerprint density at radius 1 is 1.40 bits per heavy atom. The minimum atomic E-state index is -0.453. The minimum absolute atomic E-state index is 0.000267. The summed E-state index contributed by atoms with van der Waals surface area (Å²) in [6, 6.07) is 7.50. The molecule has 5 nitrogen and oxygen atoms in total. The largest absolute Gasteiger partial charge is 0.453 e. The molecule has 1 N–H and O–H groups in total. The maximum Gasteiger partial charge on any atom is 0.407 e. The number of rotatable bonds is 3. The average Bonchev–Trinajstić information content (AvgIpc) is 2.95. The molecule has 1 aromatic rings. The van der Waals surface area contributed by atoms with Crippen LogP contribution in [0.1, 0.15) is 22.3 Å². The van der Waals surface area contributed by atoms with Crippen molar-refractivity contribution in [2.24, 2.45) is 0 Å². The van der Waals surface area contributed by atoms with E-state index in [9.17, 15) is 9.59 Å². The van der Waals surface area contributed by atoms with E-state index in [1.165, 1.54) is 7.11 Å². The van der Waals surface area contributed by atoms with Gasteiger partial charge in [-0.15, -0.1) is 0 Å². The maximum absolute atomic E-state index is 12.3. The quantitative estimate of drug-likeness (QED) is 0.857. The molecule has 0 saturated carbocycles. The third-order valence-corrected chi connectivity index (χ3v) is 3.99. The first-order valence-corrected chi connectivity index (χ1v) is 7.55. The normalized spacial score (nSPS) is 17.9. The number of hydrogen-bond donors (Lipinski definition) is 1. The Labute approximate surface area is 126 Å². The third-order valence-electron chi connectivity index (χ3n) is 3.34. The van der Waals surface area contributed by atoms with E-state index in [1.807, 2.05) is 24.3 Å². The monoisotopic (exact) mass is 340 g/mol. The van der Waals surface area contributed by atoms with Crippen molar-refractivity contribution in [2.45, 2.75) is 17.8 Å². The molecule has 1 unspecified atom stereocenters. The van der Waals surface area contributed by atoms with Crippen molar-refractivity contribution in [2.75, 3.05) is 20.2 Å². The van der Waals surface area contributed by atoms with Crippen LogP contribution in [0.4, 0.5) is 4.79 Å². The fourth-order valence-corrected chi connectivity index (χ4v) is 2.58. The SMILES string of the molecule is COC(=O)NC1CCN(C(=O)c2ccc(CBr)cc2)C1. The molecule has 6 heteroatoms. The summed E-state index contributed by atoms with van der Waals surface area (Å²) in [5.74, 6) is 0.000267. The van der Waals surface area contributed by atoms with Crippen LogP contribution in [0.5, 0.6) is 0 Å². The predicted octanol–water partition coefficient (Wildman–Crippen LogP) is 2.15. The van der Waals surface area contributed by atoms with Crippen LogP contribution in [-0.4, -0.2) is 43.1 Å². The van der Waals surface area contributed by atoms with Crippen LogP contribution < -0.4 is 5.32 Å². The van der Waals surface area contributed by atoms with Crippen LogP contribution in [0.15, 0.2) is 24.3 Å². The average molecular weight is 341 g/mol. The summed E-state index contributed by atoms with van der Waals surface area (Å²) in [5.41, 5.74) is 1.81. The van der Waals surface area contributed by atoms with Gasteiger partial charge in [0.25, 0.3) is 5.91 Å². The zero-order chi connectivity index (χ0) is 14.5. The van der Waals surface area contributed by atoms with Crippen LogP contribution in [-0.2, 0) is 10.1 Å². The molecule has 2 rings (SSSR count). The number of alkyl halides is 1. The van der Waals surface area contributed by atoms with E-state index in [-0.39, 0.29) is 11.9 Å². The molecule has 1 aliphatic rings. The van der Waals surface area contributed by atoms with Gasteiger partial charge in [0.1, 0.15) is 0 Å². The standard InChI is InChI=1S/C14H17BrN2O3/c1-20-14(19)16-12-6-7-17(9-12)13(18)11-4-2-10(8-15)3-5-11/h2-5,12H,6-9H2,1H3,(H,16,19). The van der Waals surface area contributed by atoms with Gasteiger partial charge < -0.3 is 15.0 Å². The number of likely N-dealkylation sites (tertiary alicyclic amines) is 1. The summed E-state index contributed by atoms with van der Waals surface area (Å²) in [6.07, 6.45) is 0.298. The number of halogens is 1. The van der Waals surface area contributed by atoms with Gasteiger partial charge in [-0.2, -0.15) is 0 Å². The Hall–Kier alpha value is -1.56. The fourth-order valence-electron chi connectivity index (χ4n) is 2.21. The lowest BCUT2D eigenvalue weighted by molar-refractivity contribution is 0.0788. The number of nitrogens with zero attached hydrogens (tertiary/aromatic N) is 1. The minimum Gasteiger partial charge on any atom is -0.453 e. The summed E-state index contributed by atoms with van der Waals surface area (Å²) in [6.45, 7) is 1.17. The second-order valence-corrected chi connectivity index (χ2v) is 5.26. The van der Waals surface area contributed by atoms with E-state index in [2.05, 4.69) is 26.0 Å². The van der Waals surface area contributed by atoms with E-state index in [4.69, 9.17) is 0 Å². The van der Waals surface area contributed by atoms with E-state index < -0.39 is 6.09 Å². The molecule has 1 saturated heterocycles. The first kappa shape index (κ1) is 14.8. The first-order valence-electron chi connectivity index (χ1n) is 6.42. The van der Waals surface area contributed by atoms with Crippen molar-refractivity contribution in [1.82, 2.24) is 10.2 Å². The number of nitrogens with one attached hydrogen (secondary N) is 1. The number of methoxy groups -OCH3 is 1. The second kappa shape index (κ2) is 6.74.